The van der Waals surface area contributed by atoms with Gasteiger partial charge >= 0.3 is 0 Å². The van der Waals surface area contributed by atoms with Gasteiger partial charge in [0.2, 0.25) is 0 Å². The molecule has 1 aromatic heterocycles. The Morgan fingerprint density at radius 1 is 1.50 bits per heavy atom. The number of morpholine rings is 1. The van der Waals surface area contributed by atoms with Crippen molar-refractivity contribution in [3.63, 3.8) is 0 Å². The minimum atomic E-state index is 0.247. The Bertz CT molecular complexity index is 397. The summed E-state index contributed by atoms with van der Waals surface area (Å²) in [5, 5.41) is 5.82. The number of hydrogen-bond donors (Lipinski definition) is 1. The summed E-state index contributed by atoms with van der Waals surface area (Å²) >= 11 is 5.48. The first-order valence-electron chi connectivity index (χ1n) is 7.56. The van der Waals surface area contributed by atoms with Crippen molar-refractivity contribution in [1.29, 1.82) is 0 Å². The van der Waals surface area contributed by atoms with Crippen LogP contribution in [0, 0.1) is 0 Å². The molecule has 1 saturated heterocycles. The summed E-state index contributed by atoms with van der Waals surface area (Å²) in [7, 11) is 0. The van der Waals surface area contributed by atoms with Gasteiger partial charge in [-0.15, -0.1) is 11.3 Å². The third-order valence-corrected chi connectivity index (χ3v) is 5.58. The molecule has 114 valence electrons. The second-order valence-corrected chi connectivity index (χ2v) is 7.08. The maximum Gasteiger partial charge on any atom is 0.0905 e. The first-order valence-corrected chi connectivity index (χ1v) is 9.23. The lowest BCUT2D eigenvalue weighted by Crippen LogP contribution is -2.48. The van der Waals surface area contributed by atoms with Gasteiger partial charge in [0, 0.05) is 22.4 Å². The van der Waals surface area contributed by atoms with Gasteiger partial charge in [-0.2, -0.15) is 0 Å². The van der Waals surface area contributed by atoms with Gasteiger partial charge in [0.25, 0.3) is 0 Å². The molecule has 1 aliphatic heterocycles. The second kappa shape index (κ2) is 8.49. The van der Waals surface area contributed by atoms with E-state index in [0.717, 1.165) is 32.7 Å². The second-order valence-electron chi connectivity index (χ2n) is 5.27. The molecule has 3 nitrogen and oxygen atoms in total. The van der Waals surface area contributed by atoms with Crippen molar-refractivity contribution < 1.29 is 4.74 Å². The van der Waals surface area contributed by atoms with Gasteiger partial charge in [-0.05, 0) is 53.3 Å². The quantitative estimate of drug-likeness (QED) is 0.802. The number of ether oxygens (including phenoxy) is 1. The fraction of sp³-hybridized carbons (Fsp3) is 0.733. The normalized spacial score (nSPS) is 22.1. The van der Waals surface area contributed by atoms with Crippen LogP contribution in [-0.2, 0) is 4.74 Å². The van der Waals surface area contributed by atoms with Crippen LogP contribution in [0.3, 0.4) is 0 Å². The van der Waals surface area contributed by atoms with Crippen molar-refractivity contribution in [3.8, 4) is 0 Å². The van der Waals surface area contributed by atoms with E-state index in [9.17, 15) is 0 Å². The summed E-state index contributed by atoms with van der Waals surface area (Å²) in [4.78, 5) is 3.89. The van der Waals surface area contributed by atoms with Crippen molar-refractivity contribution in [1.82, 2.24) is 10.2 Å². The number of halogens is 1. The molecule has 1 fully saturated rings. The zero-order valence-electron chi connectivity index (χ0n) is 12.4. The average molecular weight is 361 g/mol. The molecule has 20 heavy (non-hydrogen) atoms. The van der Waals surface area contributed by atoms with E-state index in [4.69, 9.17) is 4.74 Å². The van der Waals surface area contributed by atoms with E-state index in [0.29, 0.717) is 6.04 Å². The van der Waals surface area contributed by atoms with E-state index in [-0.39, 0.29) is 6.10 Å². The predicted molar refractivity (Wildman–Crippen MR) is 89.5 cm³/mol. The molecule has 2 atom stereocenters. The molecule has 0 saturated carbocycles. The molecule has 0 aromatic carbocycles. The van der Waals surface area contributed by atoms with Gasteiger partial charge in [-0.1, -0.05) is 13.8 Å². The Kier molecular flexibility index (Phi) is 6.97. The number of nitrogens with one attached hydrogen (secondary N) is 1. The fourth-order valence-corrected chi connectivity index (χ4v) is 4.42. The van der Waals surface area contributed by atoms with Crippen LogP contribution in [0.25, 0.3) is 0 Å². The molecule has 1 N–H and O–H groups in total. The molecule has 2 heterocycles. The molecule has 0 amide bonds. The third kappa shape index (κ3) is 4.28. The monoisotopic (exact) mass is 360 g/mol. The highest BCUT2D eigenvalue weighted by atomic mass is 79.9. The molecule has 2 rings (SSSR count). The zero-order chi connectivity index (χ0) is 14.4. The molecule has 0 bridgehead atoms. The molecule has 1 aliphatic rings. The van der Waals surface area contributed by atoms with Gasteiger partial charge in [-0.3, -0.25) is 4.90 Å². The number of thiophene rings is 1. The van der Waals surface area contributed by atoms with E-state index in [1.807, 2.05) is 11.3 Å². The minimum Gasteiger partial charge on any atom is -0.374 e. The number of rotatable bonds is 7. The van der Waals surface area contributed by atoms with Gasteiger partial charge in [-0.25, -0.2) is 0 Å². The van der Waals surface area contributed by atoms with Crippen LogP contribution < -0.4 is 5.32 Å². The average Bonchev–Trinajstić information content (AvgIpc) is 2.87. The number of hydrogen-bond acceptors (Lipinski definition) is 4. The Hall–Kier alpha value is 0.0600. The maximum atomic E-state index is 6.07. The lowest BCUT2D eigenvalue weighted by Gasteiger charge is -2.37. The van der Waals surface area contributed by atoms with Crippen molar-refractivity contribution in [2.45, 2.75) is 38.8 Å². The van der Waals surface area contributed by atoms with E-state index in [2.05, 4.69) is 51.4 Å². The van der Waals surface area contributed by atoms with Crippen LogP contribution in [0.2, 0.25) is 0 Å². The predicted octanol–water partition coefficient (Wildman–Crippen LogP) is 3.66. The first kappa shape index (κ1) is 16.4. The fourth-order valence-electron chi connectivity index (χ4n) is 2.67. The highest BCUT2D eigenvalue weighted by Crippen LogP contribution is 2.33. The van der Waals surface area contributed by atoms with Crippen LogP contribution >= 0.6 is 27.3 Å². The van der Waals surface area contributed by atoms with Gasteiger partial charge in [0.1, 0.15) is 0 Å². The summed E-state index contributed by atoms with van der Waals surface area (Å²) < 4.78 is 7.28. The summed E-state index contributed by atoms with van der Waals surface area (Å²) in [5.74, 6) is 0. The van der Waals surface area contributed by atoms with E-state index in [1.165, 1.54) is 22.3 Å². The Morgan fingerprint density at radius 2 is 2.35 bits per heavy atom. The molecule has 0 spiro atoms. The summed E-state index contributed by atoms with van der Waals surface area (Å²) in [5.41, 5.74) is 0. The van der Waals surface area contributed by atoms with Gasteiger partial charge in [0.15, 0.2) is 0 Å². The molecule has 2 unspecified atom stereocenters. The first-order chi connectivity index (χ1) is 9.76. The zero-order valence-corrected chi connectivity index (χ0v) is 14.8. The largest absolute Gasteiger partial charge is 0.374 e. The van der Waals surface area contributed by atoms with Gasteiger partial charge < -0.3 is 10.1 Å². The van der Waals surface area contributed by atoms with Crippen LogP contribution in [0.4, 0.5) is 0 Å². The topological polar surface area (TPSA) is 24.5 Å². The van der Waals surface area contributed by atoms with Crippen molar-refractivity contribution >= 4 is 27.3 Å². The molecule has 5 heteroatoms. The number of nitrogens with zero attached hydrogens (tertiary/aromatic N) is 1. The summed E-state index contributed by atoms with van der Waals surface area (Å²) in [6.07, 6.45) is 2.60. The molecule has 0 aliphatic carbocycles. The molecule has 0 radical (unpaired) electrons. The van der Waals surface area contributed by atoms with Crippen LogP contribution in [0.15, 0.2) is 15.9 Å². The minimum absolute atomic E-state index is 0.247. The standard InChI is InChI=1S/C15H25BrN2OS/c1-3-6-17-14(15-12(16)5-10-20-15)13-11-18(7-4-2)8-9-19-13/h5,10,13-14,17H,3-4,6-9,11H2,1-2H3. The van der Waals surface area contributed by atoms with Crippen LogP contribution in [0.1, 0.15) is 37.6 Å². The Labute approximate surface area is 134 Å². The smallest absolute Gasteiger partial charge is 0.0905 e. The Morgan fingerprint density at radius 3 is 3.00 bits per heavy atom. The molecule has 1 aromatic rings. The van der Waals surface area contributed by atoms with Gasteiger partial charge in [0.05, 0.1) is 18.8 Å². The van der Waals surface area contributed by atoms with Crippen molar-refractivity contribution in [3.05, 3.63) is 20.8 Å². The third-order valence-electron chi connectivity index (χ3n) is 3.63. The van der Waals surface area contributed by atoms with E-state index in [1.54, 1.807) is 0 Å². The molecular weight excluding hydrogens is 336 g/mol. The molecular formula is C15H25BrN2OS. The van der Waals surface area contributed by atoms with E-state index < -0.39 is 0 Å². The highest BCUT2D eigenvalue weighted by Gasteiger charge is 2.30. The summed E-state index contributed by atoms with van der Waals surface area (Å²) in [6, 6.07) is 2.43. The van der Waals surface area contributed by atoms with Crippen LogP contribution in [-0.4, -0.2) is 43.8 Å². The summed E-state index contributed by atoms with van der Waals surface area (Å²) in [6.45, 7) is 9.59. The van der Waals surface area contributed by atoms with Crippen molar-refractivity contribution in [2.24, 2.45) is 0 Å². The van der Waals surface area contributed by atoms with E-state index >= 15 is 0 Å². The SMILES string of the molecule is CCCNC(c1sccc1Br)C1CN(CCC)CCO1. The lowest BCUT2D eigenvalue weighted by atomic mass is 10.1. The highest BCUT2D eigenvalue weighted by molar-refractivity contribution is 9.10. The Balaban J connectivity index is 2.07. The lowest BCUT2D eigenvalue weighted by molar-refractivity contribution is -0.0465. The van der Waals surface area contributed by atoms with Crippen molar-refractivity contribution in [2.75, 3.05) is 32.8 Å². The maximum absolute atomic E-state index is 6.07. The van der Waals surface area contributed by atoms with Crippen LogP contribution in [0.5, 0.6) is 0 Å².